The van der Waals surface area contributed by atoms with Gasteiger partial charge in [-0.1, -0.05) is 43.3 Å². The van der Waals surface area contributed by atoms with Crippen LogP contribution in [0.3, 0.4) is 0 Å². The van der Waals surface area contributed by atoms with Gasteiger partial charge in [-0.25, -0.2) is 4.98 Å². The Kier molecular flexibility index (Phi) is 5.91. The predicted molar refractivity (Wildman–Crippen MR) is 107 cm³/mol. The molecule has 0 aliphatic carbocycles. The maximum Gasteiger partial charge on any atom is 0.254 e. The Morgan fingerprint density at radius 2 is 1.89 bits per heavy atom. The number of ether oxygens (including phenoxy) is 1. The first-order valence-corrected chi connectivity index (χ1v) is 9.14. The second kappa shape index (κ2) is 8.54. The van der Waals surface area contributed by atoms with Gasteiger partial charge in [-0.3, -0.25) is 4.79 Å². The molecule has 1 heterocycles. The summed E-state index contributed by atoms with van der Waals surface area (Å²) in [5, 5.41) is 0. The van der Waals surface area contributed by atoms with Crippen molar-refractivity contribution in [2.24, 2.45) is 7.05 Å². The van der Waals surface area contributed by atoms with Crippen LogP contribution in [-0.4, -0.2) is 40.6 Å². The zero-order chi connectivity index (χ0) is 19.2. The predicted octanol–water partition coefficient (Wildman–Crippen LogP) is 3.80. The molecule has 0 atom stereocenters. The van der Waals surface area contributed by atoms with Crippen LogP contribution in [0.4, 0.5) is 0 Å². The van der Waals surface area contributed by atoms with E-state index in [2.05, 4.69) is 18.0 Å². The summed E-state index contributed by atoms with van der Waals surface area (Å²) in [6, 6.07) is 15.6. The zero-order valence-electron chi connectivity index (χ0n) is 16.1. The van der Waals surface area contributed by atoms with E-state index in [1.54, 1.807) is 18.1 Å². The minimum Gasteiger partial charge on any atom is -0.491 e. The SMILES string of the molecule is CCc1ccccc1OCCN(C)C(=O)c1ccccc1-c1nccn1C. The molecule has 0 aliphatic heterocycles. The van der Waals surface area contributed by atoms with Gasteiger partial charge in [-0.15, -0.1) is 0 Å². The molecule has 27 heavy (non-hydrogen) atoms. The van der Waals surface area contributed by atoms with E-state index >= 15 is 0 Å². The van der Waals surface area contributed by atoms with Crippen molar-refractivity contribution in [3.05, 3.63) is 72.1 Å². The average molecular weight is 363 g/mol. The number of aromatic nitrogens is 2. The zero-order valence-corrected chi connectivity index (χ0v) is 16.1. The van der Waals surface area contributed by atoms with Crippen LogP contribution in [0.15, 0.2) is 60.9 Å². The van der Waals surface area contributed by atoms with Crippen molar-refractivity contribution in [1.29, 1.82) is 0 Å². The summed E-state index contributed by atoms with van der Waals surface area (Å²) in [4.78, 5) is 19.0. The Bertz CT molecular complexity index is 917. The highest BCUT2D eigenvalue weighted by atomic mass is 16.5. The fourth-order valence-corrected chi connectivity index (χ4v) is 3.03. The van der Waals surface area contributed by atoms with Crippen molar-refractivity contribution in [2.75, 3.05) is 20.2 Å². The van der Waals surface area contributed by atoms with Crippen molar-refractivity contribution >= 4 is 5.91 Å². The monoisotopic (exact) mass is 363 g/mol. The van der Waals surface area contributed by atoms with Gasteiger partial charge in [0.2, 0.25) is 0 Å². The number of nitrogens with zero attached hydrogens (tertiary/aromatic N) is 3. The van der Waals surface area contributed by atoms with Gasteiger partial charge in [-0.2, -0.15) is 0 Å². The quantitative estimate of drug-likeness (QED) is 0.641. The summed E-state index contributed by atoms with van der Waals surface area (Å²) in [5.74, 6) is 1.62. The molecule has 0 aliphatic rings. The molecular formula is C22H25N3O2. The Hall–Kier alpha value is -3.08. The first-order chi connectivity index (χ1) is 13.1. The molecular weight excluding hydrogens is 338 g/mol. The van der Waals surface area contributed by atoms with Gasteiger partial charge in [0.05, 0.1) is 12.1 Å². The summed E-state index contributed by atoms with van der Waals surface area (Å²) in [5.41, 5.74) is 2.65. The van der Waals surface area contributed by atoms with E-state index in [0.29, 0.717) is 18.7 Å². The minimum absolute atomic E-state index is 0.0408. The molecule has 0 saturated carbocycles. The number of benzene rings is 2. The molecule has 140 valence electrons. The summed E-state index contributed by atoms with van der Waals surface area (Å²) in [7, 11) is 3.72. The van der Waals surface area contributed by atoms with Crippen LogP contribution < -0.4 is 4.74 Å². The van der Waals surface area contributed by atoms with Crippen LogP contribution in [-0.2, 0) is 13.5 Å². The number of imidazole rings is 1. The van der Waals surface area contributed by atoms with Gasteiger partial charge in [-0.05, 0) is 24.1 Å². The highest BCUT2D eigenvalue weighted by Crippen LogP contribution is 2.23. The lowest BCUT2D eigenvalue weighted by molar-refractivity contribution is 0.0774. The molecule has 5 nitrogen and oxygen atoms in total. The van der Waals surface area contributed by atoms with Crippen LogP contribution in [0.25, 0.3) is 11.4 Å². The molecule has 0 N–H and O–H groups in total. The molecule has 0 fully saturated rings. The van der Waals surface area contributed by atoms with E-state index in [1.165, 1.54) is 5.56 Å². The van der Waals surface area contributed by atoms with E-state index in [9.17, 15) is 4.79 Å². The maximum atomic E-state index is 13.0. The largest absolute Gasteiger partial charge is 0.491 e. The third-order valence-electron chi connectivity index (χ3n) is 4.60. The normalized spacial score (nSPS) is 10.6. The molecule has 5 heteroatoms. The van der Waals surface area contributed by atoms with Crippen LogP contribution in [0, 0.1) is 0 Å². The fraction of sp³-hybridized carbons (Fsp3) is 0.273. The Morgan fingerprint density at radius 3 is 2.63 bits per heavy atom. The van der Waals surface area contributed by atoms with E-state index < -0.39 is 0 Å². The first kappa shape index (κ1) is 18.7. The molecule has 0 unspecified atom stereocenters. The molecule has 2 aromatic carbocycles. The first-order valence-electron chi connectivity index (χ1n) is 9.14. The van der Waals surface area contributed by atoms with Gasteiger partial charge < -0.3 is 14.2 Å². The Morgan fingerprint density at radius 1 is 1.15 bits per heavy atom. The Balaban J connectivity index is 1.69. The van der Waals surface area contributed by atoms with Crippen LogP contribution in [0.1, 0.15) is 22.8 Å². The lowest BCUT2D eigenvalue weighted by Crippen LogP contribution is -2.31. The van der Waals surface area contributed by atoms with E-state index in [0.717, 1.165) is 23.6 Å². The van der Waals surface area contributed by atoms with Gasteiger partial charge in [0.15, 0.2) is 0 Å². The van der Waals surface area contributed by atoms with Crippen molar-refractivity contribution in [2.45, 2.75) is 13.3 Å². The van der Waals surface area contributed by atoms with Crippen LogP contribution in [0.5, 0.6) is 5.75 Å². The van der Waals surface area contributed by atoms with Gasteiger partial charge in [0.1, 0.15) is 18.2 Å². The number of hydrogen-bond acceptors (Lipinski definition) is 3. The molecule has 0 bridgehead atoms. The van der Waals surface area contributed by atoms with Crippen molar-refractivity contribution in [3.63, 3.8) is 0 Å². The van der Waals surface area contributed by atoms with Crippen LogP contribution >= 0.6 is 0 Å². The second-order valence-corrected chi connectivity index (χ2v) is 6.44. The number of amides is 1. The third kappa shape index (κ3) is 4.19. The molecule has 1 amide bonds. The number of carbonyl (C=O) groups is 1. The molecule has 1 aromatic heterocycles. The molecule has 3 rings (SSSR count). The number of hydrogen-bond donors (Lipinski definition) is 0. The number of rotatable bonds is 7. The van der Waals surface area contributed by atoms with E-state index in [4.69, 9.17) is 4.74 Å². The highest BCUT2D eigenvalue weighted by Gasteiger charge is 2.18. The number of likely N-dealkylation sites (N-methyl/N-ethyl adjacent to an activating group) is 1. The van der Waals surface area contributed by atoms with Crippen molar-refractivity contribution < 1.29 is 9.53 Å². The topological polar surface area (TPSA) is 47.4 Å². The number of para-hydroxylation sites is 1. The number of aryl methyl sites for hydroxylation is 2. The lowest BCUT2D eigenvalue weighted by Gasteiger charge is -2.20. The smallest absolute Gasteiger partial charge is 0.254 e. The third-order valence-corrected chi connectivity index (χ3v) is 4.60. The second-order valence-electron chi connectivity index (χ2n) is 6.44. The average Bonchev–Trinajstić information content (AvgIpc) is 3.13. The van der Waals surface area contributed by atoms with Gasteiger partial charge >= 0.3 is 0 Å². The minimum atomic E-state index is -0.0408. The number of carbonyl (C=O) groups excluding carboxylic acids is 1. The molecule has 0 radical (unpaired) electrons. The van der Waals surface area contributed by atoms with Crippen molar-refractivity contribution in [1.82, 2.24) is 14.5 Å². The van der Waals surface area contributed by atoms with Crippen molar-refractivity contribution in [3.8, 4) is 17.1 Å². The Labute approximate surface area is 160 Å². The fourth-order valence-electron chi connectivity index (χ4n) is 3.03. The summed E-state index contributed by atoms with van der Waals surface area (Å²) >= 11 is 0. The summed E-state index contributed by atoms with van der Waals surface area (Å²) in [6.45, 7) is 3.06. The van der Waals surface area contributed by atoms with Gasteiger partial charge in [0.25, 0.3) is 5.91 Å². The van der Waals surface area contributed by atoms with Gasteiger partial charge in [0, 0.05) is 32.1 Å². The molecule has 0 spiro atoms. The van der Waals surface area contributed by atoms with Crippen LogP contribution in [0.2, 0.25) is 0 Å². The van der Waals surface area contributed by atoms with E-state index in [-0.39, 0.29) is 5.91 Å². The maximum absolute atomic E-state index is 13.0. The van der Waals surface area contributed by atoms with E-state index in [1.807, 2.05) is 60.3 Å². The lowest BCUT2D eigenvalue weighted by atomic mass is 10.1. The standard InChI is InChI=1S/C22H25N3O2/c1-4-17-9-5-8-12-20(17)27-16-15-25(3)22(26)19-11-7-6-10-18(19)21-23-13-14-24(21)2/h5-14H,4,15-16H2,1-3H3. The summed E-state index contributed by atoms with van der Waals surface area (Å²) in [6.07, 6.45) is 4.53. The highest BCUT2D eigenvalue weighted by molar-refractivity contribution is 6.00. The molecule has 3 aromatic rings. The summed E-state index contributed by atoms with van der Waals surface area (Å²) < 4.78 is 7.81. The molecule has 0 saturated heterocycles.